The van der Waals surface area contributed by atoms with Gasteiger partial charge in [-0.2, -0.15) is 5.10 Å². The summed E-state index contributed by atoms with van der Waals surface area (Å²) in [5.41, 5.74) is 3.15. The van der Waals surface area contributed by atoms with Crippen molar-refractivity contribution < 1.29 is 5.11 Å². The van der Waals surface area contributed by atoms with Gasteiger partial charge in [-0.25, -0.2) is 4.98 Å². The third-order valence-electron chi connectivity index (χ3n) is 3.45. The molecule has 1 unspecified atom stereocenters. The summed E-state index contributed by atoms with van der Waals surface area (Å²) in [5, 5.41) is 14.2. The van der Waals surface area contributed by atoms with Crippen LogP contribution >= 0.6 is 0 Å². The smallest absolute Gasteiger partial charge is 0.137 e. The molecule has 0 spiro atoms. The van der Waals surface area contributed by atoms with Crippen LogP contribution in [0.3, 0.4) is 0 Å². The van der Waals surface area contributed by atoms with E-state index in [1.807, 2.05) is 40.7 Å². The topological polar surface area (TPSA) is 55.9 Å². The molecule has 5 nitrogen and oxygen atoms in total. The Kier molecular flexibility index (Phi) is 3.58. The second-order valence-electron chi connectivity index (χ2n) is 5.10. The number of aliphatic hydroxyl groups is 1. The summed E-state index contributed by atoms with van der Waals surface area (Å²) >= 11 is 0. The lowest BCUT2D eigenvalue weighted by molar-refractivity contribution is 0.184. The molecule has 0 aliphatic heterocycles. The fourth-order valence-corrected chi connectivity index (χ4v) is 2.48. The van der Waals surface area contributed by atoms with Gasteiger partial charge in [0.2, 0.25) is 0 Å². The summed E-state index contributed by atoms with van der Waals surface area (Å²) in [4.78, 5) is 4.18. The van der Waals surface area contributed by atoms with Gasteiger partial charge in [-0.05, 0) is 18.6 Å². The second-order valence-corrected chi connectivity index (χ2v) is 5.10. The van der Waals surface area contributed by atoms with Crippen molar-refractivity contribution in [2.75, 3.05) is 0 Å². The fourth-order valence-electron chi connectivity index (χ4n) is 2.48. The van der Waals surface area contributed by atoms with Crippen molar-refractivity contribution in [3.05, 3.63) is 60.3 Å². The second kappa shape index (κ2) is 5.54. The van der Waals surface area contributed by atoms with E-state index < -0.39 is 6.10 Å². The Balaban J connectivity index is 1.90. The molecule has 2 aromatic heterocycles. The zero-order valence-corrected chi connectivity index (χ0v) is 12.1. The summed E-state index contributed by atoms with van der Waals surface area (Å²) < 4.78 is 3.80. The monoisotopic (exact) mass is 282 g/mol. The van der Waals surface area contributed by atoms with Crippen LogP contribution in [0.2, 0.25) is 0 Å². The quantitative estimate of drug-likeness (QED) is 0.799. The zero-order valence-electron chi connectivity index (χ0n) is 12.1. The first kappa shape index (κ1) is 13.6. The maximum atomic E-state index is 9.70. The number of hydrogen-bond donors (Lipinski definition) is 1. The van der Waals surface area contributed by atoms with E-state index in [1.54, 1.807) is 13.1 Å². The van der Waals surface area contributed by atoms with Gasteiger partial charge in [-0.1, -0.05) is 30.3 Å². The molecule has 5 heteroatoms. The van der Waals surface area contributed by atoms with E-state index in [1.165, 1.54) is 0 Å². The molecule has 1 aromatic carbocycles. The van der Waals surface area contributed by atoms with Crippen LogP contribution in [0.4, 0.5) is 0 Å². The minimum Gasteiger partial charge on any atom is -0.385 e. The highest BCUT2D eigenvalue weighted by atomic mass is 16.3. The molecule has 3 rings (SSSR count). The summed E-state index contributed by atoms with van der Waals surface area (Å²) in [7, 11) is 1.94. The van der Waals surface area contributed by atoms with Crippen LogP contribution in [0.1, 0.15) is 24.5 Å². The van der Waals surface area contributed by atoms with Gasteiger partial charge in [-0.3, -0.25) is 4.68 Å². The highest BCUT2D eigenvalue weighted by Gasteiger charge is 2.12. The predicted molar refractivity (Wildman–Crippen MR) is 80.6 cm³/mol. The van der Waals surface area contributed by atoms with Gasteiger partial charge in [0.05, 0.1) is 17.9 Å². The van der Waals surface area contributed by atoms with Gasteiger partial charge in [0.1, 0.15) is 11.9 Å². The maximum absolute atomic E-state index is 9.70. The largest absolute Gasteiger partial charge is 0.385 e. The van der Waals surface area contributed by atoms with Gasteiger partial charge in [0.15, 0.2) is 0 Å². The molecular formula is C16H18N4O. The van der Waals surface area contributed by atoms with Crippen molar-refractivity contribution in [3.63, 3.8) is 0 Å². The number of benzene rings is 1. The number of aromatic nitrogens is 4. The van der Waals surface area contributed by atoms with Gasteiger partial charge in [0, 0.05) is 19.4 Å². The van der Waals surface area contributed by atoms with Crippen molar-refractivity contribution in [1.82, 2.24) is 19.3 Å². The van der Waals surface area contributed by atoms with Gasteiger partial charge in [-0.15, -0.1) is 0 Å². The van der Waals surface area contributed by atoms with Gasteiger partial charge < -0.3 is 9.67 Å². The number of nitrogens with zero attached hydrogens (tertiary/aromatic N) is 4. The lowest BCUT2D eigenvalue weighted by Gasteiger charge is -2.07. The zero-order chi connectivity index (χ0) is 14.8. The molecule has 0 aliphatic rings. The van der Waals surface area contributed by atoms with Crippen molar-refractivity contribution >= 4 is 0 Å². The predicted octanol–water partition coefficient (Wildman–Crippen LogP) is 2.39. The Labute approximate surface area is 123 Å². The Morgan fingerprint density at radius 3 is 2.71 bits per heavy atom. The van der Waals surface area contributed by atoms with Crippen LogP contribution in [-0.4, -0.2) is 24.4 Å². The molecule has 3 aromatic rings. The fraction of sp³-hybridized carbons (Fsp3) is 0.250. The standard InChI is InChI=1S/C16H18N4O/c1-12(21)16-17-8-9-20(16)11-14-10-15(19(2)18-14)13-6-4-3-5-7-13/h3-10,12,21H,11H2,1-2H3. The van der Waals surface area contributed by atoms with Crippen LogP contribution in [-0.2, 0) is 13.6 Å². The van der Waals surface area contributed by atoms with Gasteiger partial charge in [0.25, 0.3) is 0 Å². The molecule has 0 saturated carbocycles. The summed E-state index contributed by atoms with van der Waals surface area (Å²) in [6, 6.07) is 12.2. The van der Waals surface area contributed by atoms with Crippen LogP contribution in [0, 0.1) is 0 Å². The van der Waals surface area contributed by atoms with E-state index in [2.05, 4.69) is 28.3 Å². The highest BCUT2D eigenvalue weighted by Crippen LogP contribution is 2.20. The molecule has 21 heavy (non-hydrogen) atoms. The molecule has 0 saturated heterocycles. The number of hydrogen-bond acceptors (Lipinski definition) is 3. The summed E-state index contributed by atoms with van der Waals surface area (Å²) in [5.74, 6) is 0.655. The van der Waals surface area contributed by atoms with Crippen molar-refractivity contribution in [3.8, 4) is 11.3 Å². The van der Waals surface area contributed by atoms with Crippen molar-refractivity contribution in [2.45, 2.75) is 19.6 Å². The molecule has 0 bridgehead atoms. The molecule has 2 heterocycles. The third-order valence-corrected chi connectivity index (χ3v) is 3.45. The third kappa shape index (κ3) is 2.73. The number of imidazole rings is 1. The maximum Gasteiger partial charge on any atom is 0.137 e. The Morgan fingerprint density at radius 1 is 1.24 bits per heavy atom. The first-order valence-electron chi connectivity index (χ1n) is 6.92. The first-order valence-corrected chi connectivity index (χ1v) is 6.92. The van der Waals surface area contributed by atoms with Gasteiger partial charge >= 0.3 is 0 Å². The minimum absolute atomic E-state index is 0.586. The van der Waals surface area contributed by atoms with Crippen LogP contribution in [0.5, 0.6) is 0 Å². The summed E-state index contributed by atoms with van der Waals surface area (Å²) in [6.45, 7) is 2.31. The van der Waals surface area contributed by atoms with E-state index in [0.717, 1.165) is 17.0 Å². The molecule has 0 radical (unpaired) electrons. The SMILES string of the molecule is CC(O)c1nccn1Cc1cc(-c2ccccc2)n(C)n1. The number of rotatable bonds is 4. The van der Waals surface area contributed by atoms with E-state index >= 15 is 0 Å². The molecular weight excluding hydrogens is 264 g/mol. The van der Waals surface area contributed by atoms with E-state index in [9.17, 15) is 5.11 Å². The molecule has 108 valence electrons. The van der Waals surface area contributed by atoms with Crippen molar-refractivity contribution in [1.29, 1.82) is 0 Å². The Morgan fingerprint density at radius 2 is 2.00 bits per heavy atom. The van der Waals surface area contributed by atoms with Crippen LogP contribution in [0.25, 0.3) is 11.3 Å². The molecule has 0 fully saturated rings. The Bertz CT molecular complexity index is 728. The number of aryl methyl sites for hydroxylation is 1. The average molecular weight is 282 g/mol. The Hall–Kier alpha value is -2.40. The lowest BCUT2D eigenvalue weighted by atomic mass is 10.1. The van der Waals surface area contributed by atoms with E-state index in [-0.39, 0.29) is 0 Å². The minimum atomic E-state index is -0.586. The van der Waals surface area contributed by atoms with E-state index in [4.69, 9.17) is 0 Å². The number of aliphatic hydroxyl groups excluding tert-OH is 1. The lowest BCUT2D eigenvalue weighted by Crippen LogP contribution is -2.07. The highest BCUT2D eigenvalue weighted by molar-refractivity contribution is 5.59. The normalized spacial score (nSPS) is 12.5. The molecule has 1 atom stereocenters. The molecule has 0 amide bonds. The molecule has 0 aliphatic carbocycles. The summed E-state index contributed by atoms with van der Waals surface area (Å²) in [6.07, 6.45) is 2.97. The average Bonchev–Trinajstić information content (AvgIpc) is 3.07. The first-order chi connectivity index (χ1) is 10.1. The molecule has 1 N–H and O–H groups in total. The van der Waals surface area contributed by atoms with Crippen LogP contribution in [0.15, 0.2) is 48.8 Å². The van der Waals surface area contributed by atoms with Crippen LogP contribution < -0.4 is 0 Å². The van der Waals surface area contributed by atoms with Crippen molar-refractivity contribution in [2.24, 2.45) is 7.05 Å². The van der Waals surface area contributed by atoms with E-state index in [0.29, 0.717) is 12.4 Å².